The predicted octanol–water partition coefficient (Wildman–Crippen LogP) is 1.05. The van der Waals surface area contributed by atoms with Gasteiger partial charge in [0.05, 0.1) is 18.2 Å². The molecule has 1 aromatic carbocycles. The van der Waals surface area contributed by atoms with Gasteiger partial charge in [-0.1, -0.05) is 13.8 Å². The van der Waals surface area contributed by atoms with Gasteiger partial charge in [-0.3, -0.25) is 23.6 Å². The molecule has 3 rings (SSSR count). The molecule has 0 atom stereocenters. The minimum atomic E-state index is -0.647. The van der Waals surface area contributed by atoms with Gasteiger partial charge in [-0.05, 0) is 36.6 Å². The number of hydrogen-bond acceptors (Lipinski definition) is 7. The van der Waals surface area contributed by atoms with Gasteiger partial charge in [0.2, 0.25) is 0 Å². The number of anilines is 2. The number of Topliss-reactive ketones (excluding diaryl/α,β-unsaturated/α-hetero) is 1. The van der Waals surface area contributed by atoms with Crippen molar-refractivity contribution in [2.24, 2.45) is 13.0 Å². The largest absolute Gasteiger partial charge is 0.384 e. The normalized spacial score (nSPS) is 14.9. The van der Waals surface area contributed by atoms with Gasteiger partial charge in [0.25, 0.3) is 5.56 Å². The lowest BCUT2D eigenvalue weighted by Gasteiger charge is -2.23. The molecule has 0 amide bonds. The van der Waals surface area contributed by atoms with Crippen LogP contribution in [0.5, 0.6) is 0 Å². The van der Waals surface area contributed by atoms with Gasteiger partial charge in [0.15, 0.2) is 5.78 Å². The van der Waals surface area contributed by atoms with Crippen LogP contribution in [-0.2, 0) is 13.6 Å². The Morgan fingerprint density at radius 1 is 1.12 bits per heavy atom. The van der Waals surface area contributed by atoms with E-state index >= 15 is 0 Å². The van der Waals surface area contributed by atoms with Gasteiger partial charge in [0, 0.05) is 45.5 Å². The third-order valence-electron chi connectivity index (χ3n) is 5.73. The van der Waals surface area contributed by atoms with Crippen molar-refractivity contribution in [1.82, 2.24) is 14.0 Å². The van der Waals surface area contributed by atoms with Crippen molar-refractivity contribution in [3.8, 4) is 6.07 Å². The Balaban J connectivity index is 1.76. The fraction of sp³-hybridized carbons (Fsp3) is 0.478. The topological polar surface area (TPSA) is 117 Å². The summed E-state index contributed by atoms with van der Waals surface area (Å²) in [7, 11) is 1.37. The third kappa shape index (κ3) is 4.92. The number of nitriles is 1. The lowest BCUT2D eigenvalue weighted by molar-refractivity contribution is 0.0933. The quantitative estimate of drug-likeness (QED) is 0.670. The molecule has 0 spiro atoms. The summed E-state index contributed by atoms with van der Waals surface area (Å²) in [4.78, 5) is 42.5. The molecule has 0 saturated carbocycles. The molecule has 0 unspecified atom stereocenters. The number of rotatable bonds is 6. The summed E-state index contributed by atoms with van der Waals surface area (Å²) in [5.41, 5.74) is 6.53. The molecule has 1 aliphatic rings. The number of nitrogens with zero attached hydrogens (tertiary/aromatic N) is 5. The van der Waals surface area contributed by atoms with Crippen LogP contribution in [0.25, 0.3) is 0 Å². The molecule has 2 N–H and O–H groups in total. The average molecular weight is 439 g/mol. The minimum Gasteiger partial charge on any atom is -0.384 e. The molecule has 9 heteroatoms. The van der Waals surface area contributed by atoms with Crippen LogP contribution in [0.15, 0.2) is 33.9 Å². The van der Waals surface area contributed by atoms with Gasteiger partial charge >= 0.3 is 5.69 Å². The molecule has 1 aliphatic heterocycles. The van der Waals surface area contributed by atoms with E-state index in [9.17, 15) is 14.4 Å². The zero-order valence-electron chi connectivity index (χ0n) is 18.9. The fourth-order valence-corrected chi connectivity index (χ4v) is 4.00. The number of carbonyl (C=O) groups excluding carboxylic acids is 1. The second kappa shape index (κ2) is 9.83. The number of hydrogen-bond donors (Lipinski definition) is 1. The van der Waals surface area contributed by atoms with Crippen molar-refractivity contribution < 1.29 is 4.79 Å². The Bertz CT molecular complexity index is 1140. The van der Waals surface area contributed by atoms with E-state index in [1.165, 1.54) is 11.6 Å². The number of carbonyl (C=O) groups is 1. The fourth-order valence-electron chi connectivity index (χ4n) is 4.00. The van der Waals surface area contributed by atoms with E-state index in [-0.39, 0.29) is 29.6 Å². The monoisotopic (exact) mass is 438 g/mol. The molecular weight excluding hydrogens is 408 g/mol. The number of nitrogens with two attached hydrogens (primary N) is 1. The number of benzene rings is 1. The highest BCUT2D eigenvalue weighted by atomic mass is 16.2. The van der Waals surface area contributed by atoms with Gasteiger partial charge in [-0.15, -0.1) is 0 Å². The lowest BCUT2D eigenvalue weighted by atomic mass is 10.1. The molecular formula is C23H30N6O3. The van der Waals surface area contributed by atoms with Crippen LogP contribution in [-0.4, -0.2) is 52.5 Å². The molecule has 2 heterocycles. The van der Waals surface area contributed by atoms with Crippen LogP contribution in [0.2, 0.25) is 0 Å². The molecule has 1 fully saturated rings. The number of ketones is 1. The molecule has 2 aromatic rings. The van der Waals surface area contributed by atoms with Crippen LogP contribution in [0.3, 0.4) is 0 Å². The maximum absolute atomic E-state index is 13.1. The van der Waals surface area contributed by atoms with Crippen molar-refractivity contribution in [3.63, 3.8) is 0 Å². The summed E-state index contributed by atoms with van der Waals surface area (Å²) in [6.07, 6.45) is 0.855. The maximum Gasteiger partial charge on any atom is 0.332 e. The smallest absolute Gasteiger partial charge is 0.332 e. The first kappa shape index (κ1) is 23.3. The molecule has 0 radical (unpaired) electrons. The van der Waals surface area contributed by atoms with Crippen molar-refractivity contribution in [2.45, 2.75) is 26.8 Å². The summed E-state index contributed by atoms with van der Waals surface area (Å²) < 4.78 is 2.27. The van der Waals surface area contributed by atoms with Crippen molar-refractivity contribution in [2.75, 3.05) is 43.4 Å². The first-order chi connectivity index (χ1) is 15.2. The van der Waals surface area contributed by atoms with E-state index < -0.39 is 11.2 Å². The van der Waals surface area contributed by atoms with Crippen LogP contribution < -0.4 is 21.9 Å². The van der Waals surface area contributed by atoms with E-state index in [1.54, 1.807) is 12.1 Å². The van der Waals surface area contributed by atoms with Crippen molar-refractivity contribution in [1.29, 1.82) is 5.26 Å². The van der Waals surface area contributed by atoms with Gasteiger partial charge in [-0.25, -0.2) is 4.79 Å². The lowest BCUT2D eigenvalue weighted by Crippen LogP contribution is -2.45. The summed E-state index contributed by atoms with van der Waals surface area (Å²) in [6.45, 7) is 7.20. The first-order valence-electron chi connectivity index (χ1n) is 10.8. The Labute approximate surface area is 187 Å². The number of nitrogen functional groups attached to an aromatic ring is 1. The van der Waals surface area contributed by atoms with Gasteiger partial charge in [-0.2, -0.15) is 5.26 Å². The maximum atomic E-state index is 13.1. The van der Waals surface area contributed by atoms with E-state index in [0.717, 1.165) is 29.8 Å². The minimum absolute atomic E-state index is 0.0502. The van der Waals surface area contributed by atoms with E-state index in [1.807, 2.05) is 30.9 Å². The SMILES string of the molecule is CC(C)Cn1c(N)c(C(=O)CN2CCCN(c3ccc(C#N)cc3)CC2)c(=O)n(C)c1=O. The number of aromatic nitrogens is 2. The van der Waals surface area contributed by atoms with Crippen molar-refractivity contribution in [3.05, 3.63) is 56.2 Å². The molecule has 32 heavy (non-hydrogen) atoms. The molecule has 1 aromatic heterocycles. The Hall–Kier alpha value is -3.38. The average Bonchev–Trinajstić information content (AvgIpc) is 3.01. The third-order valence-corrected chi connectivity index (χ3v) is 5.73. The van der Waals surface area contributed by atoms with Crippen molar-refractivity contribution >= 4 is 17.3 Å². The van der Waals surface area contributed by atoms with E-state index in [4.69, 9.17) is 11.0 Å². The Morgan fingerprint density at radius 2 is 1.81 bits per heavy atom. The summed E-state index contributed by atoms with van der Waals surface area (Å²) in [5, 5.41) is 8.97. The first-order valence-corrected chi connectivity index (χ1v) is 10.8. The second-order valence-corrected chi connectivity index (χ2v) is 8.61. The van der Waals surface area contributed by atoms with Gasteiger partial charge < -0.3 is 10.6 Å². The summed E-state index contributed by atoms with van der Waals surface area (Å²) >= 11 is 0. The standard InChI is InChI=1S/C23H30N6O3/c1-16(2)14-29-21(25)20(22(31)26(3)23(29)32)19(30)15-27-9-4-10-28(12-11-27)18-7-5-17(13-24)6-8-18/h5-8,16H,4,9-12,14-15,25H2,1-3H3. The highest BCUT2D eigenvalue weighted by molar-refractivity contribution is 6.01. The summed E-state index contributed by atoms with van der Waals surface area (Å²) in [6, 6.07) is 9.58. The highest BCUT2D eigenvalue weighted by Crippen LogP contribution is 2.18. The van der Waals surface area contributed by atoms with E-state index in [2.05, 4.69) is 11.0 Å². The Kier molecular flexibility index (Phi) is 7.15. The van der Waals surface area contributed by atoms with E-state index in [0.29, 0.717) is 25.2 Å². The van der Waals surface area contributed by atoms with Crippen LogP contribution in [0.4, 0.5) is 11.5 Å². The Morgan fingerprint density at radius 3 is 2.44 bits per heavy atom. The van der Waals surface area contributed by atoms with Crippen LogP contribution >= 0.6 is 0 Å². The predicted molar refractivity (Wildman–Crippen MR) is 124 cm³/mol. The molecule has 0 bridgehead atoms. The molecule has 170 valence electrons. The highest BCUT2D eigenvalue weighted by Gasteiger charge is 2.24. The zero-order chi connectivity index (χ0) is 23.4. The molecule has 0 aliphatic carbocycles. The second-order valence-electron chi connectivity index (χ2n) is 8.61. The summed E-state index contributed by atoms with van der Waals surface area (Å²) in [5.74, 6) is -0.285. The van der Waals surface area contributed by atoms with Crippen LogP contribution in [0, 0.1) is 17.2 Å². The molecule has 9 nitrogen and oxygen atoms in total. The zero-order valence-corrected chi connectivity index (χ0v) is 18.9. The van der Waals surface area contributed by atoms with Gasteiger partial charge in [0.1, 0.15) is 11.4 Å². The molecule has 1 saturated heterocycles. The van der Waals surface area contributed by atoms with Crippen LogP contribution in [0.1, 0.15) is 36.2 Å².